The highest BCUT2D eigenvalue weighted by Crippen LogP contribution is 2.21. The predicted octanol–water partition coefficient (Wildman–Crippen LogP) is 0.701. The van der Waals surface area contributed by atoms with Crippen molar-refractivity contribution in [2.24, 2.45) is 7.05 Å². The largest absolute Gasteiger partial charge is 0.477 e. The number of aromatic carboxylic acids is 1. The molecule has 20 heavy (non-hydrogen) atoms. The lowest BCUT2D eigenvalue weighted by atomic mass is 10.4. The van der Waals surface area contributed by atoms with E-state index in [1.807, 2.05) is 11.6 Å². The summed E-state index contributed by atoms with van der Waals surface area (Å²) in [5, 5.41) is 8.78. The molecule has 0 bridgehead atoms. The van der Waals surface area contributed by atoms with Gasteiger partial charge in [0.25, 0.3) is 0 Å². The first-order valence-electron chi connectivity index (χ1n) is 5.69. The molecule has 108 valence electrons. The zero-order chi connectivity index (χ0) is 14.8. The topological polar surface area (TPSA) is 101 Å². The Hall–Kier alpha value is -1.71. The number of sulfonamides is 1. The van der Waals surface area contributed by atoms with Gasteiger partial charge < -0.3 is 9.67 Å². The number of nitrogens with one attached hydrogen (secondary N) is 1. The Kier molecular flexibility index (Phi) is 4.21. The number of nitrogens with zero attached hydrogens (tertiary/aromatic N) is 2. The van der Waals surface area contributed by atoms with Crippen molar-refractivity contribution in [3.05, 3.63) is 35.2 Å². The maximum atomic E-state index is 12.0. The third-order valence-electron chi connectivity index (χ3n) is 2.62. The lowest BCUT2D eigenvalue weighted by Crippen LogP contribution is -2.26. The molecular weight excluding hydrogens is 302 g/mol. The number of hydrogen-bond acceptors (Lipinski definition) is 5. The highest BCUT2D eigenvalue weighted by Gasteiger charge is 2.18. The number of carboxylic acids is 1. The third-order valence-corrected chi connectivity index (χ3v) is 5.64. The van der Waals surface area contributed by atoms with Gasteiger partial charge in [0.1, 0.15) is 14.9 Å². The molecule has 0 saturated heterocycles. The zero-order valence-electron chi connectivity index (χ0n) is 10.6. The molecule has 0 aliphatic carbocycles. The molecule has 0 amide bonds. The highest BCUT2D eigenvalue weighted by molar-refractivity contribution is 7.91. The quantitative estimate of drug-likeness (QED) is 0.817. The SMILES string of the molecule is Cn1ccnc1CCNS(=O)(=O)c1ccc(C(=O)O)s1. The minimum atomic E-state index is -3.67. The van der Waals surface area contributed by atoms with Crippen molar-refractivity contribution in [1.29, 1.82) is 0 Å². The van der Waals surface area contributed by atoms with Gasteiger partial charge in [0, 0.05) is 32.4 Å². The van der Waals surface area contributed by atoms with E-state index in [9.17, 15) is 13.2 Å². The van der Waals surface area contributed by atoms with Gasteiger partial charge in [-0.15, -0.1) is 11.3 Å². The van der Waals surface area contributed by atoms with Crippen LogP contribution in [0.2, 0.25) is 0 Å². The van der Waals surface area contributed by atoms with Crippen LogP contribution < -0.4 is 4.72 Å². The smallest absolute Gasteiger partial charge is 0.345 e. The van der Waals surface area contributed by atoms with E-state index >= 15 is 0 Å². The number of aromatic nitrogens is 2. The van der Waals surface area contributed by atoms with Crippen molar-refractivity contribution in [3.63, 3.8) is 0 Å². The predicted molar refractivity (Wildman–Crippen MR) is 73.4 cm³/mol. The molecule has 0 aliphatic rings. The number of aryl methyl sites for hydroxylation is 1. The average Bonchev–Trinajstić information content (AvgIpc) is 2.99. The standard InChI is InChI=1S/C11H13N3O4S2/c1-14-7-6-12-9(14)4-5-13-20(17,18)10-3-2-8(19-10)11(15)16/h2-3,6-7,13H,4-5H2,1H3,(H,15,16). The van der Waals surface area contributed by atoms with Crippen molar-refractivity contribution in [1.82, 2.24) is 14.3 Å². The second-order valence-electron chi connectivity index (χ2n) is 4.03. The summed E-state index contributed by atoms with van der Waals surface area (Å²) in [6.07, 6.45) is 3.88. The van der Waals surface area contributed by atoms with E-state index in [1.54, 1.807) is 12.4 Å². The molecule has 7 nitrogen and oxygen atoms in total. The van der Waals surface area contributed by atoms with Gasteiger partial charge in [0.2, 0.25) is 10.0 Å². The highest BCUT2D eigenvalue weighted by atomic mass is 32.2. The van der Waals surface area contributed by atoms with E-state index in [2.05, 4.69) is 9.71 Å². The lowest BCUT2D eigenvalue weighted by molar-refractivity contribution is 0.0702. The Morgan fingerprint density at radius 2 is 2.25 bits per heavy atom. The molecule has 2 N–H and O–H groups in total. The fourth-order valence-electron chi connectivity index (χ4n) is 1.59. The van der Waals surface area contributed by atoms with Crippen molar-refractivity contribution < 1.29 is 18.3 Å². The van der Waals surface area contributed by atoms with Gasteiger partial charge in [0.15, 0.2) is 0 Å². The minimum absolute atomic E-state index is 0.00487. The molecule has 9 heteroatoms. The maximum Gasteiger partial charge on any atom is 0.345 e. The van der Waals surface area contributed by atoms with Gasteiger partial charge in [-0.3, -0.25) is 0 Å². The van der Waals surface area contributed by atoms with Crippen LogP contribution in [0.25, 0.3) is 0 Å². The fraction of sp³-hybridized carbons (Fsp3) is 0.273. The molecule has 0 aromatic carbocycles. The molecule has 0 aliphatic heterocycles. The van der Waals surface area contributed by atoms with Crippen LogP contribution in [0.5, 0.6) is 0 Å². The monoisotopic (exact) mass is 315 g/mol. The van der Waals surface area contributed by atoms with Crippen LogP contribution in [-0.4, -0.2) is 35.6 Å². The minimum Gasteiger partial charge on any atom is -0.477 e. The second-order valence-corrected chi connectivity index (χ2v) is 7.10. The van der Waals surface area contributed by atoms with Crippen molar-refractivity contribution in [2.75, 3.05) is 6.54 Å². The Morgan fingerprint density at radius 1 is 1.50 bits per heavy atom. The fourth-order valence-corrected chi connectivity index (χ4v) is 3.81. The van der Waals surface area contributed by atoms with E-state index in [1.165, 1.54) is 12.1 Å². The van der Waals surface area contributed by atoms with E-state index in [4.69, 9.17) is 5.11 Å². The van der Waals surface area contributed by atoms with Crippen LogP contribution in [0.3, 0.4) is 0 Å². The summed E-state index contributed by atoms with van der Waals surface area (Å²) in [7, 11) is -1.84. The van der Waals surface area contributed by atoms with Crippen LogP contribution >= 0.6 is 11.3 Å². The molecule has 0 fully saturated rings. The summed E-state index contributed by atoms with van der Waals surface area (Å²) in [6, 6.07) is 2.57. The molecule has 2 aromatic rings. The van der Waals surface area contributed by atoms with Gasteiger partial charge in [-0.25, -0.2) is 22.9 Å². The first-order valence-corrected chi connectivity index (χ1v) is 7.99. The van der Waals surface area contributed by atoms with Crippen molar-refractivity contribution in [3.8, 4) is 0 Å². The lowest BCUT2D eigenvalue weighted by Gasteiger charge is -2.04. The Labute approximate surface area is 119 Å². The van der Waals surface area contributed by atoms with E-state index < -0.39 is 16.0 Å². The second kappa shape index (κ2) is 5.73. The number of carboxylic acid groups (broad SMARTS) is 1. The number of carbonyl (C=O) groups is 1. The molecule has 0 saturated carbocycles. The molecule has 0 spiro atoms. The molecule has 2 aromatic heterocycles. The van der Waals surface area contributed by atoms with E-state index in [0.29, 0.717) is 6.42 Å². The summed E-state index contributed by atoms with van der Waals surface area (Å²) in [4.78, 5) is 14.8. The average molecular weight is 315 g/mol. The van der Waals surface area contributed by atoms with E-state index in [0.717, 1.165) is 17.2 Å². The van der Waals surface area contributed by atoms with Gasteiger partial charge in [-0.2, -0.15) is 0 Å². The summed E-state index contributed by atoms with van der Waals surface area (Å²) >= 11 is 0.728. The normalized spacial score (nSPS) is 11.7. The maximum absolute atomic E-state index is 12.0. The van der Waals surface area contributed by atoms with Crippen molar-refractivity contribution in [2.45, 2.75) is 10.6 Å². The third kappa shape index (κ3) is 3.24. The zero-order valence-corrected chi connectivity index (χ0v) is 12.2. The molecule has 2 heterocycles. The van der Waals surface area contributed by atoms with Gasteiger partial charge in [0.05, 0.1) is 0 Å². The van der Waals surface area contributed by atoms with E-state index in [-0.39, 0.29) is 15.6 Å². The number of thiophene rings is 1. The van der Waals surface area contributed by atoms with Gasteiger partial charge >= 0.3 is 5.97 Å². The van der Waals surface area contributed by atoms with Gasteiger partial charge in [-0.05, 0) is 12.1 Å². The summed E-state index contributed by atoms with van der Waals surface area (Å²) in [5.74, 6) is -0.366. The van der Waals surface area contributed by atoms with Crippen molar-refractivity contribution >= 4 is 27.3 Å². The van der Waals surface area contributed by atoms with Crippen LogP contribution in [0.4, 0.5) is 0 Å². The summed E-state index contributed by atoms with van der Waals surface area (Å²) in [6.45, 7) is 0.202. The number of rotatable bonds is 6. The molecule has 2 rings (SSSR count). The molecule has 0 unspecified atom stereocenters. The molecule has 0 radical (unpaired) electrons. The number of imidazole rings is 1. The van der Waals surface area contributed by atoms with Crippen LogP contribution in [0, 0.1) is 0 Å². The van der Waals surface area contributed by atoms with Gasteiger partial charge in [-0.1, -0.05) is 0 Å². The summed E-state index contributed by atoms with van der Waals surface area (Å²) in [5.41, 5.74) is 0. The summed E-state index contributed by atoms with van der Waals surface area (Å²) < 4.78 is 28.2. The van der Waals surface area contributed by atoms with Crippen LogP contribution in [0.15, 0.2) is 28.7 Å². The Morgan fingerprint density at radius 3 is 2.80 bits per heavy atom. The number of hydrogen-bond donors (Lipinski definition) is 2. The van der Waals surface area contributed by atoms with Crippen LogP contribution in [-0.2, 0) is 23.5 Å². The molecular formula is C11H13N3O4S2. The van der Waals surface area contributed by atoms with Crippen LogP contribution in [0.1, 0.15) is 15.5 Å². The Balaban J connectivity index is 2.00. The molecule has 0 atom stereocenters. The first kappa shape index (κ1) is 14.7. The first-order chi connectivity index (χ1) is 9.40. The Bertz CT molecular complexity index is 718.